The first-order valence-electron chi connectivity index (χ1n) is 6.31. The van der Waals surface area contributed by atoms with Gasteiger partial charge in [-0.15, -0.1) is 0 Å². The van der Waals surface area contributed by atoms with E-state index >= 15 is 0 Å². The SMILES string of the molecule is CC(C)N(CCC#N)c1ccc2c(c1)NC(=O)C2O. The summed E-state index contributed by atoms with van der Waals surface area (Å²) in [6.45, 7) is 4.75. The lowest BCUT2D eigenvalue weighted by atomic mass is 10.1. The first-order valence-corrected chi connectivity index (χ1v) is 6.31. The summed E-state index contributed by atoms with van der Waals surface area (Å²) in [5.41, 5.74) is 2.20. The molecule has 1 unspecified atom stereocenters. The van der Waals surface area contributed by atoms with Gasteiger partial charge < -0.3 is 15.3 Å². The van der Waals surface area contributed by atoms with Crippen LogP contribution in [0.4, 0.5) is 11.4 Å². The molecule has 0 radical (unpaired) electrons. The van der Waals surface area contributed by atoms with E-state index in [2.05, 4.69) is 30.1 Å². The molecule has 1 aliphatic rings. The van der Waals surface area contributed by atoms with Gasteiger partial charge in [-0.25, -0.2) is 0 Å². The van der Waals surface area contributed by atoms with E-state index in [-0.39, 0.29) is 11.9 Å². The van der Waals surface area contributed by atoms with Crippen molar-refractivity contribution in [2.45, 2.75) is 32.4 Å². The van der Waals surface area contributed by atoms with Crippen LogP contribution in [-0.2, 0) is 4.79 Å². The molecule has 0 aromatic heterocycles. The number of fused-ring (bicyclic) bond motifs is 1. The fraction of sp³-hybridized carbons (Fsp3) is 0.429. The Morgan fingerprint density at radius 3 is 2.89 bits per heavy atom. The van der Waals surface area contributed by atoms with E-state index in [4.69, 9.17) is 5.26 Å². The Morgan fingerprint density at radius 1 is 1.53 bits per heavy atom. The molecule has 100 valence electrons. The molecule has 1 aliphatic heterocycles. The first-order chi connectivity index (χ1) is 9.04. The highest BCUT2D eigenvalue weighted by molar-refractivity contribution is 6.02. The van der Waals surface area contributed by atoms with Crippen LogP contribution in [0.25, 0.3) is 0 Å². The summed E-state index contributed by atoms with van der Waals surface area (Å²) in [7, 11) is 0. The number of anilines is 2. The van der Waals surface area contributed by atoms with Gasteiger partial charge in [0.2, 0.25) is 0 Å². The number of nitrogens with one attached hydrogen (secondary N) is 1. The van der Waals surface area contributed by atoms with Crippen molar-refractivity contribution >= 4 is 17.3 Å². The molecule has 2 rings (SSSR count). The Bertz CT molecular complexity index is 534. The van der Waals surface area contributed by atoms with Crippen LogP contribution in [0.15, 0.2) is 18.2 Å². The third-order valence-electron chi connectivity index (χ3n) is 3.26. The van der Waals surface area contributed by atoms with E-state index in [1.807, 2.05) is 12.1 Å². The molecule has 2 N–H and O–H groups in total. The molecule has 1 amide bonds. The predicted octanol–water partition coefficient (Wildman–Crippen LogP) is 1.80. The lowest BCUT2D eigenvalue weighted by Crippen LogP contribution is -2.31. The van der Waals surface area contributed by atoms with Crippen LogP contribution in [0.3, 0.4) is 0 Å². The van der Waals surface area contributed by atoms with Crippen molar-refractivity contribution < 1.29 is 9.90 Å². The number of amides is 1. The van der Waals surface area contributed by atoms with E-state index in [0.717, 1.165) is 5.69 Å². The van der Waals surface area contributed by atoms with Gasteiger partial charge in [0.25, 0.3) is 5.91 Å². The fourth-order valence-electron chi connectivity index (χ4n) is 2.27. The fourth-order valence-corrected chi connectivity index (χ4v) is 2.27. The summed E-state index contributed by atoms with van der Waals surface area (Å²) in [6.07, 6.45) is -0.625. The summed E-state index contributed by atoms with van der Waals surface area (Å²) in [4.78, 5) is 13.5. The summed E-state index contributed by atoms with van der Waals surface area (Å²) in [6, 6.07) is 7.88. The maximum atomic E-state index is 11.4. The standard InChI is InChI=1S/C14H17N3O2/c1-9(2)17(7-3-6-15)10-4-5-11-12(8-10)16-14(19)13(11)18/h4-5,8-9,13,18H,3,7H2,1-2H3,(H,16,19). The molecule has 0 spiro atoms. The second-order valence-corrected chi connectivity index (χ2v) is 4.86. The number of benzene rings is 1. The van der Waals surface area contributed by atoms with Gasteiger partial charge >= 0.3 is 0 Å². The van der Waals surface area contributed by atoms with Crippen LogP contribution in [0.5, 0.6) is 0 Å². The zero-order valence-corrected chi connectivity index (χ0v) is 11.1. The summed E-state index contributed by atoms with van der Waals surface area (Å²) in [5, 5.41) is 21.0. The molecule has 5 nitrogen and oxygen atoms in total. The molecule has 0 aliphatic carbocycles. The molecule has 19 heavy (non-hydrogen) atoms. The van der Waals surface area contributed by atoms with E-state index in [9.17, 15) is 9.90 Å². The van der Waals surface area contributed by atoms with Crippen LogP contribution >= 0.6 is 0 Å². The van der Waals surface area contributed by atoms with E-state index < -0.39 is 6.10 Å². The number of nitriles is 1. The minimum Gasteiger partial charge on any atom is -0.378 e. The quantitative estimate of drug-likeness (QED) is 0.864. The van der Waals surface area contributed by atoms with Gasteiger partial charge in [0.05, 0.1) is 12.5 Å². The van der Waals surface area contributed by atoms with Crippen LogP contribution in [0.1, 0.15) is 31.9 Å². The smallest absolute Gasteiger partial charge is 0.257 e. The second kappa shape index (κ2) is 5.29. The number of aliphatic hydroxyl groups is 1. The predicted molar refractivity (Wildman–Crippen MR) is 72.7 cm³/mol. The van der Waals surface area contributed by atoms with Gasteiger partial charge in [-0.05, 0) is 26.0 Å². The molecule has 5 heteroatoms. The van der Waals surface area contributed by atoms with Crippen molar-refractivity contribution in [3.8, 4) is 6.07 Å². The number of rotatable bonds is 4. The van der Waals surface area contributed by atoms with Gasteiger partial charge in [0.1, 0.15) is 0 Å². The average Bonchev–Trinajstić information content (AvgIpc) is 2.65. The summed E-state index contributed by atoms with van der Waals surface area (Å²) in [5.74, 6) is -0.389. The Balaban J connectivity index is 2.29. The number of aliphatic hydroxyl groups excluding tert-OH is 1. The monoisotopic (exact) mass is 259 g/mol. The lowest BCUT2D eigenvalue weighted by molar-refractivity contribution is -0.123. The highest BCUT2D eigenvalue weighted by Crippen LogP contribution is 2.34. The maximum Gasteiger partial charge on any atom is 0.257 e. The highest BCUT2D eigenvalue weighted by Gasteiger charge is 2.28. The molecule has 1 heterocycles. The molecule has 0 saturated carbocycles. The zero-order chi connectivity index (χ0) is 14.0. The first kappa shape index (κ1) is 13.4. The van der Waals surface area contributed by atoms with Crippen LogP contribution in [0, 0.1) is 11.3 Å². The van der Waals surface area contributed by atoms with Crippen LogP contribution in [-0.4, -0.2) is 23.6 Å². The highest BCUT2D eigenvalue weighted by atomic mass is 16.3. The number of hydrogen-bond donors (Lipinski definition) is 2. The van der Waals surface area contributed by atoms with Gasteiger partial charge in [-0.1, -0.05) is 6.07 Å². The van der Waals surface area contributed by atoms with Gasteiger partial charge in [0.15, 0.2) is 6.10 Å². The van der Waals surface area contributed by atoms with Crippen LogP contribution in [0.2, 0.25) is 0 Å². The van der Waals surface area contributed by atoms with Crippen molar-refractivity contribution in [1.29, 1.82) is 5.26 Å². The van der Waals surface area contributed by atoms with E-state index in [0.29, 0.717) is 24.2 Å². The van der Waals surface area contributed by atoms with Crippen LogP contribution < -0.4 is 10.2 Å². The molecular formula is C14H17N3O2. The van der Waals surface area contributed by atoms with Gasteiger partial charge in [-0.3, -0.25) is 4.79 Å². The summed E-state index contributed by atoms with van der Waals surface area (Å²) < 4.78 is 0. The van der Waals surface area contributed by atoms with Crippen molar-refractivity contribution in [2.75, 3.05) is 16.8 Å². The lowest BCUT2D eigenvalue weighted by Gasteiger charge is -2.28. The Morgan fingerprint density at radius 2 is 2.26 bits per heavy atom. The largest absolute Gasteiger partial charge is 0.378 e. The molecule has 1 aromatic carbocycles. The van der Waals surface area contributed by atoms with Gasteiger partial charge in [-0.2, -0.15) is 5.26 Å². The second-order valence-electron chi connectivity index (χ2n) is 4.86. The zero-order valence-electron chi connectivity index (χ0n) is 11.1. The van der Waals surface area contributed by atoms with Crippen molar-refractivity contribution in [1.82, 2.24) is 0 Å². The number of carbonyl (C=O) groups excluding carboxylic acids is 1. The Hall–Kier alpha value is -2.06. The Labute approximate surface area is 112 Å². The third-order valence-corrected chi connectivity index (χ3v) is 3.26. The van der Waals surface area contributed by atoms with Crippen molar-refractivity contribution in [3.63, 3.8) is 0 Å². The number of hydrogen-bond acceptors (Lipinski definition) is 4. The number of carbonyl (C=O) groups is 1. The third kappa shape index (κ3) is 2.54. The molecule has 0 fully saturated rings. The Kier molecular flexibility index (Phi) is 3.72. The summed E-state index contributed by atoms with van der Waals surface area (Å²) >= 11 is 0. The normalized spacial score (nSPS) is 17.0. The molecule has 1 atom stereocenters. The maximum absolute atomic E-state index is 11.4. The van der Waals surface area contributed by atoms with E-state index in [1.165, 1.54) is 0 Å². The topological polar surface area (TPSA) is 76.4 Å². The van der Waals surface area contributed by atoms with Crippen molar-refractivity contribution in [3.05, 3.63) is 23.8 Å². The molecule has 0 saturated heterocycles. The number of nitrogens with zero attached hydrogens (tertiary/aromatic N) is 2. The van der Waals surface area contributed by atoms with Crippen molar-refractivity contribution in [2.24, 2.45) is 0 Å². The van der Waals surface area contributed by atoms with Gasteiger partial charge in [0, 0.05) is 29.5 Å². The molecular weight excluding hydrogens is 242 g/mol. The molecule has 0 bridgehead atoms. The minimum absolute atomic E-state index is 0.258. The average molecular weight is 259 g/mol. The van der Waals surface area contributed by atoms with E-state index in [1.54, 1.807) is 6.07 Å². The molecule has 1 aromatic rings. The minimum atomic E-state index is -1.07.